The SMILES string of the molecule is CC1(CCCOCC(F)(F)F)CCC(Br)C1. The molecule has 0 aliphatic heterocycles. The van der Waals surface area contributed by atoms with Gasteiger partial charge >= 0.3 is 6.18 Å². The van der Waals surface area contributed by atoms with Gasteiger partial charge in [-0.15, -0.1) is 0 Å². The van der Waals surface area contributed by atoms with Crippen LogP contribution in [0.1, 0.15) is 39.0 Å². The Bertz CT molecular complexity index is 220. The van der Waals surface area contributed by atoms with E-state index in [0.717, 1.165) is 19.3 Å². The summed E-state index contributed by atoms with van der Waals surface area (Å²) in [6.07, 6.45) is 0.909. The fourth-order valence-electron chi connectivity index (χ4n) is 2.26. The van der Waals surface area contributed by atoms with E-state index < -0.39 is 12.8 Å². The third-order valence-electron chi connectivity index (χ3n) is 3.11. The van der Waals surface area contributed by atoms with Gasteiger partial charge in [-0.3, -0.25) is 0 Å². The Labute approximate surface area is 103 Å². The first kappa shape index (κ1) is 14.3. The van der Waals surface area contributed by atoms with E-state index in [4.69, 9.17) is 0 Å². The minimum absolute atomic E-state index is 0.210. The molecule has 16 heavy (non-hydrogen) atoms. The zero-order chi connectivity index (χ0) is 12.2. The molecule has 2 unspecified atom stereocenters. The number of hydrogen-bond donors (Lipinski definition) is 0. The van der Waals surface area contributed by atoms with Crippen molar-refractivity contribution in [3.8, 4) is 0 Å². The lowest BCUT2D eigenvalue weighted by Gasteiger charge is -2.23. The maximum Gasteiger partial charge on any atom is 0.411 e. The van der Waals surface area contributed by atoms with Gasteiger partial charge in [0.05, 0.1) is 0 Å². The molecule has 1 fully saturated rings. The molecule has 2 atom stereocenters. The van der Waals surface area contributed by atoms with E-state index in [1.807, 2.05) is 0 Å². The maximum absolute atomic E-state index is 11.8. The van der Waals surface area contributed by atoms with E-state index in [1.165, 1.54) is 6.42 Å². The third-order valence-corrected chi connectivity index (χ3v) is 3.89. The molecule has 96 valence electrons. The number of hydrogen-bond acceptors (Lipinski definition) is 1. The average molecular weight is 303 g/mol. The Hall–Kier alpha value is 0.230. The lowest BCUT2D eigenvalue weighted by molar-refractivity contribution is -0.174. The second-order valence-electron chi connectivity index (χ2n) is 4.92. The van der Waals surface area contributed by atoms with Crippen LogP contribution in [0.5, 0.6) is 0 Å². The van der Waals surface area contributed by atoms with E-state index in [2.05, 4.69) is 27.6 Å². The topological polar surface area (TPSA) is 9.23 Å². The van der Waals surface area contributed by atoms with Crippen LogP contribution in [0.25, 0.3) is 0 Å². The molecule has 0 spiro atoms. The van der Waals surface area contributed by atoms with Gasteiger partial charge in [0.15, 0.2) is 0 Å². The van der Waals surface area contributed by atoms with Crippen LogP contribution in [0.15, 0.2) is 0 Å². The molecule has 0 amide bonds. The summed E-state index contributed by atoms with van der Waals surface area (Å²) in [5.41, 5.74) is 0.287. The van der Waals surface area contributed by atoms with Crippen LogP contribution >= 0.6 is 15.9 Å². The van der Waals surface area contributed by atoms with Crippen LogP contribution in [0.4, 0.5) is 13.2 Å². The van der Waals surface area contributed by atoms with E-state index in [1.54, 1.807) is 0 Å². The largest absolute Gasteiger partial charge is 0.411 e. The molecule has 1 rings (SSSR count). The summed E-state index contributed by atoms with van der Waals surface area (Å²) in [6, 6.07) is 0. The van der Waals surface area contributed by atoms with E-state index >= 15 is 0 Å². The predicted octanol–water partition coefficient (Wildman–Crippen LogP) is 4.30. The molecule has 1 nitrogen and oxygen atoms in total. The van der Waals surface area contributed by atoms with E-state index in [-0.39, 0.29) is 12.0 Å². The Kier molecular flexibility index (Phi) is 5.10. The van der Waals surface area contributed by atoms with Crippen LogP contribution in [0.2, 0.25) is 0 Å². The summed E-state index contributed by atoms with van der Waals surface area (Å²) < 4.78 is 39.9. The summed E-state index contributed by atoms with van der Waals surface area (Å²) in [4.78, 5) is 0.577. The molecule has 0 aromatic rings. The van der Waals surface area contributed by atoms with Crippen molar-refractivity contribution in [3.63, 3.8) is 0 Å². The van der Waals surface area contributed by atoms with Crippen LogP contribution in [-0.4, -0.2) is 24.2 Å². The van der Waals surface area contributed by atoms with Gasteiger partial charge in [0, 0.05) is 11.4 Å². The zero-order valence-corrected chi connectivity index (χ0v) is 11.0. The van der Waals surface area contributed by atoms with E-state index in [9.17, 15) is 13.2 Å². The van der Waals surface area contributed by atoms with Gasteiger partial charge in [-0.25, -0.2) is 0 Å². The molecule has 0 heterocycles. The Balaban J connectivity index is 2.07. The van der Waals surface area contributed by atoms with Gasteiger partial charge in [0.1, 0.15) is 6.61 Å². The molecule has 0 N–H and O–H groups in total. The smallest absolute Gasteiger partial charge is 0.372 e. The number of rotatable bonds is 5. The maximum atomic E-state index is 11.8. The quantitative estimate of drug-likeness (QED) is 0.543. The number of halogens is 4. The summed E-state index contributed by atoms with van der Waals surface area (Å²) in [5.74, 6) is 0. The van der Waals surface area contributed by atoms with Crippen molar-refractivity contribution >= 4 is 15.9 Å². The molecule has 1 saturated carbocycles. The van der Waals surface area contributed by atoms with Crippen LogP contribution in [0, 0.1) is 5.41 Å². The molecule has 0 bridgehead atoms. The lowest BCUT2D eigenvalue weighted by atomic mass is 9.84. The second-order valence-corrected chi connectivity index (χ2v) is 6.22. The molecule has 1 aliphatic rings. The minimum atomic E-state index is -4.20. The van der Waals surface area contributed by atoms with Gasteiger partial charge in [0.25, 0.3) is 0 Å². The molecule has 1 aliphatic carbocycles. The standard InChI is InChI=1S/C11H18BrF3O/c1-10(5-3-9(12)7-10)4-2-6-16-8-11(13,14)15/h9H,2-8H2,1H3. The van der Waals surface area contributed by atoms with Crippen LogP contribution in [-0.2, 0) is 4.74 Å². The number of ether oxygens (including phenoxy) is 1. The highest BCUT2D eigenvalue weighted by Crippen LogP contribution is 2.44. The van der Waals surface area contributed by atoms with Crippen molar-refractivity contribution in [3.05, 3.63) is 0 Å². The molecule has 0 aromatic heterocycles. The summed E-state index contributed by atoms with van der Waals surface area (Å²) >= 11 is 3.58. The van der Waals surface area contributed by atoms with Crippen LogP contribution < -0.4 is 0 Å². The van der Waals surface area contributed by atoms with Crippen molar-refractivity contribution in [2.45, 2.75) is 50.0 Å². The molecule has 5 heteroatoms. The van der Waals surface area contributed by atoms with Crippen molar-refractivity contribution < 1.29 is 17.9 Å². The average Bonchev–Trinajstić information content (AvgIpc) is 2.44. The van der Waals surface area contributed by atoms with Crippen molar-refractivity contribution in [1.29, 1.82) is 0 Å². The number of alkyl halides is 4. The highest BCUT2D eigenvalue weighted by molar-refractivity contribution is 9.09. The summed E-state index contributed by atoms with van der Waals surface area (Å²) in [6.45, 7) is 1.30. The van der Waals surface area contributed by atoms with Gasteiger partial charge in [-0.05, 0) is 37.5 Å². The highest BCUT2D eigenvalue weighted by atomic mass is 79.9. The Morgan fingerprint density at radius 3 is 2.62 bits per heavy atom. The normalized spacial score (nSPS) is 30.9. The van der Waals surface area contributed by atoms with Crippen LogP contribution in [0.3, 0.4) is 0 Å². The second kappa shape index (κ2) is 5.71. The first-order chi connectivity index (χ1) is 7.31. The minimum Gasteiger partial charge on any atom is -0.372 e. The van der Waals surface area contributed by atoms with Crippen molar-refractivity contribution in [1.82, 2.24) is 0 Å². The fraction of sp³-hybridized carbons (Fsp3) is 1.00. The first-order valence-electron chi connectivity index (χ1n) is 5.59. The molecular weight excluding hydrogens is 285 g/mol. The Morgan fingerprint density at radius 1 is 1.44 bits per heavy atom. The highest BCUT2D eigenvalue weighted by Gasteiger charge is 2.33. The van der Waals surface area contributed by atoms with Crippen molar-refractivity contribution in [2.24, 2.45) is 5.41 Å². The van der Waals surface area contributed by atoms with Gasteiger partial charge in [0.2, 0.25) is 0 Å². The lowest BCUT2D eigenvalue weighted by Crippen LogP contribution is -2.18. The summed E-state index contributed by atoms with van der Waals surface area (Å²) in [5, 5.41) is 0. The van der Waals surface area contributed by atoms with Gasteiger partial charge < -0.3 is 4.74 Å². The summed E-state index contributed by atoms with van der Waals surface area (Å²) in [7, 11) is 0. The van der Waals surface area contributed by atoms with E-state index in [0.29, 0.717) is 11.2 Å². The molecule has 0 aromatic carbocycles. The predicted molar refractivity (Wildman–Crippen MR) is 60.8 cm³/mol. The Morgan fingerprint density at radius 2 is 2.12 bits per heavy atom. The molecule has 0 radical (unpaired) electrons. The fourth-order valence-corrected chi connectivity index (χ4v) is 3.27. The zero-order valence-electron chi connectivity index (χ0n) is 9.45. The molecular formula is C11H18BrF3O. The van der Waals surface area contributed by atoms with Crippen molar-refractivity contribution in [2.75, 3.05) is 13.2 Å². The van der Waals surface area contributed by atoms with Gasteiger partial charge in [-0.1, -0.05) is 22.9 Å². The first-order valence-corrected chi connectivity index (χ1v) is 6.51. The monoisotopic (exact) mass is 302 g/mol. The molecule has 0 saturated heterocycles. The van der Waals surface area contributed by atoms with Gasteiger partial charge in [-0.2, -0.15) is 13.2 Å². The third kappa shape index (κ3) is 5.53.